The van der Waals surface area contributed by atoms with Gasteiger partial charge in [0.1, 0.15) is 12.3 Å². The van der Waals surface area contributed by atoms with Crippen LogP contribution in [-0.2, 0) is 16.1 Å². The van der Waals surface area contributed by atoms with E-state index in [2.05, 4.69) is 15.0 Å². The van der Waals surface area contributed by atoms with Crippen molar-refractivity contribution in [2.45, 2.75) is 19.5 Å². The summed E-state index contributed by atoms with van der Waals surface area (Å²) in [4.78, 5) is 16.9. The van der Waals surface area contributed by atoms with Gasteiger partial charge in [-0.05, 0) is 18.1 Å². The number of methoxy groups -OCH3 is 1. The predicted molar refractivity (Wildman–Crippen MR) is 89.3 cm³/mol. The second-order valence-corrected chi connectivity index (χ2v) is 6.09. The number of aromatic nitrogens is 1. The highest BCUT2D eigenvalue weighted by atomic mass is 16.5. The van der Waals surface area contributed by atoms with Gasteiger partial charge in [-0.15, -0.1) is 0 Å². The first-order valence-electron chi connectivity index (χ1n) is 8.18. The van der Waals surface area contributed by atoms with Crippen molar-refractivity contribution in [2.75, 3.05) is 33.3 Å². The molecule has 1 aromatic heterocycles. The largest absolute Gasteiger partial charge is 0.468 e. The van der Waals surface area contributed by atoms with E-state index >= 15 is 0 Å². The van der Waals surface area contributed by atoms with Gasteiger partial charge in [0.25, 0.3) is 0 Å². The average Bonchev–Trinajstić information content (AvgIpc) is 3.11. The van der Waals surface area contributed by atoms with Crippen LogP contribution < -0.4 is 0 Å². The molecule has 128 valence electrons. The predicted octanol–water partition coefficient (Wildman–Crippen LogP) is 2.01. The van der Waals surface area contributed by atoms with Gasteiger partial charge in [0.15, 0.2) is 0 Å². The Hall–Kier alpha value is -2.18. The van der Waals surface area contributed by atoms with E-state index < -0.39 is 0 Å². The molecule has 1 atom stereocenters. The lowest BCUT2D eigenvalue weighted by atomic mass is 9.99. The Morgan fingerprint density at radius 3 is 2.62 bits per heavy atom. The van der Waals surface area contributed by atoms with Crippen LogP contribution in [0, 0.1) is 6.92 Å². The van der Waals surface area contributed by atoms with E-state index in [0.29, 0.717) is 0 Å². The highest BCUT2D eigenvalue weighted by molar-refractivity contribution is 5.78. The molecular formula is C18H23N3O3. The molecule has 0 saturated carbocycles. The third-order valence-electron chi connectivity index (χ3n) is 4.56. The highest BCUT2D eigenvalue weighted by Gasteiger charge is 2.32. The van der Waals surface area contributed by atoms with Crippen molar-refractivity contribution < 1.29 is 14.1 Å². The maximum atomic E-state index is 12.4. The number of rotatable bonds is 5. The molecule has 1 fully saturated rings. The van der Waals surface area contributed by atoms with Gasteiger partial charge in [-0.3, -0.25) is 9.80 Å². The quantitative estimate of drug-likeness (QED) is 0.782. The highest BCUT2D eigenvalue weighted by Crippen LogP contribution is 2.26. The number of piperazine rings is 1. The molecular weight excluding hydrogens is 306 g/mol. The van der Waals surface area contributed by atoms with Crippen LogP contribution in [0.5, 0.6) is 0 Å². The number of hydrogen-bond acceptors (Lipinski definition) is 6. The zero-order valence-electron chi connectivity index (χ0n) is 14.1. The lowest BCUT2D eigenvalue weighted by Crippen LogP contribution is -2.49. The monoisotopic (exact) mass is 329 g/mol. The standard InChI is InChI=1S/C18H23N3O3/c1-14-5-3-4-6-16(14)17(18(22)23-2)21-10-8-20(9-11-21)13-15-7-12-24-19-15/h3-7,12,17H,8-11,13H2,1-2H3/t17-/m1/s1. The fourth-order valence-electron chi connectivity index (χ4n) is 3.21. The maximum Gasteiger partial charge on any atom is 0.327 e. The number of aryl methyl sites for hydroxylation is 1. The van der Waals surface area contributed by atoms with E-state index in [1.807, 2.05) is 37.3 Å². The van der Waals surface area contributed by atoms with Crippen molar-refractivity contribution in [3.05, 3.63) is 53.4 Å². The second-order valence-electron chi connectivity index (χ2n) is 6.09. The molecule has 2 heterocycles. The summed E-state index contributed by atoms with van der Waals surface area (Å²) in [5, 5.41) is 3.96. The van der Waals surface area contributed by atoms with E-state index in [0.717, 1.165) is 49.5 Å². The number of benzene rings is 1. The van der Waals surface area contributed by atoms with Crippen LogP contribution in [0.1, 0.15) is 22.9 Å². The lowest BCUT2D eigenvalue weighted by molar-refractivity contribution is -0.148. The summed E-state index contributed by atoms with van der Waals surface area (Å²) < 4.78 is 9.95. The van der Waals surface area contributed by atoms with Gasteiger partial charge < -0.3 is 9.26 Å². The number of hydrogen-bond donors (Lipinski definition) is 0. The molecule has 1 aliphatic heterocycles. The Balaban J connectivity index is 1.69. The molecule has 1 aromatic carbocycles. The average molecular weight is 329 g/mol. The molecule has 1 saturated heterocycles. The van der Waals surface area contributed by atoms with Gasteiger partial charge in [-0.2, -0.15) is 0 Å². The lowest BCUT2D eigenvalue weighted by Gasteiger charge is -2.38. The normalized spacial score (nSPS) is 17.6. The molecule has 6 nitrogen and oxygen atoms in total. The van der Waals surface area contributed by atoms with Crippen LogP contribution in [0.15, 0.2) is 41.1 Å². The summed E-state index contributed by atoms with van der Waals surface area (Å²) >= 11 is 0. The molecule has 0 amide bonds. The van der Waals surface area contributed by atoms with Gasteiger partial charge in [0.05, 0.1) is 12.8 Å². The third kappa shape index (κ3) is 3.66. The molecule has 0 radical (unpaired) electrons. The van der Waals surface area contributed by atoms with E-state index in [1.165, 1.54) is 7.11 Å². The van der Waals surface area contributed by atoms with Crippen LogP contribution in [0.2, 0.25) is 0 Å². The summed E-state index contributed by atoms with van der Waals surface area (Å²) in [6.45, 7) is 6.19. The van der Waals surface area contributed by atoms with Crippen LogP contribution in [0.25, 0.3) is 0 Å². The van der Waals surface area contributed by atoms with E-state index in [-0.39, 0.29) is 12.0 Å². The topological polar surface area (TPSA) is 58.8 Å². The minimum absolute atomic E-state index is 0.200. The van der Waals surface area contributed by atoms with Crippen molar-refractivity contribution in [3.63, 3.8) is 0 Å². The number of carbonyl (C=O) groups excluding carboxylic acids is 1. The Bertz CT molecular complexity index is 664. The molecule has 0 N–H and O–H groups in total. The van der Waals surface area contributed by atoms with Crippen LogP contribution in [0.3, 0.4) is 0 Å². The van der Waals surface area contributed by atoms with Gasteiger partial charge in [0.2, 0.25) is 0 Å². The Morgan fingerprint density at radius 2 is 2.00 bits per heavy atom. The number of carbonyl (C=O) groups is 1. The zero-order chi connectivity index (χ0) is 16.9. The molecule has 0 aliphatic carbocycles. The maximum absolute atomic E-state index is 12.4. The summed E-state index contributed by atoms with van der Waals surface area (Å²) in [6, 6.07) is 9.55. The SMILES string of the molecule is COC(=O)[C@@H](c1ccccc1C)N1CCN(Cc2ccon2)CC1. The summed E-state index contributed by atoms with van der Waals surface area (Å²) in [6.07, 6.45) is 1.59. The van der Waals surface area contributed by atoms with Crippen LogP contribution >= 0.6 is 0 Å². The van der Waals surface area contributed by atoms with E-state index in [9.17, 15) is 4.79 Å². The smallest absolute Gasteiger partial charge is 0.327 e. The molecule has 6 heteroatoms. The summed E-state index contributed by atoms with van der Waals surface area (Å²) in [5.74, 6) is -0.200. The van der Waals surface area contributed by atoms with Crippen molar-refractivity contribution >= 4 is 5.97 Å². The number of esters is 1. The van der Waals surface area contributed by atoms with Gasteiger partial charge in [-0.25, -0.2) is 4.79 Å². The number of nitrogens with zero attached hydrogens (tertiary/aromatic N) is 3. The van der Waals surface area contributed by atoms with Crippen LogP contribution in [-0.4, -0.2) is 54.2 Å². The van der Waals surface area contributed by atoms with Crippen molar-refractivity contribution in [3.8, 4) is 0 Å². The molecule has 1 aliphatic rings. The molecule has 0 spiro atoms. The fraction of sp³-hybridized carbons (Fsp3) is 0.444. The van der Waals surface area contributed by atoms with E-state index in [4.69, 9.17) is 9.26 Å². The van der Waals surface area contributed by atoms with Crippen molar-refractivity contribution in [1.82, 2.24) is 15.0 Å². The first-order chi connectivity index (χ1) is 11.7. The van der Waals surface area contributed by atoms with E-state index in [1.54, 1.807) is 6.26 Å². The Morgan fingerprint density at radius 1 is 1.25 bits per heavy atom. The van der Waals surface area contributed by atoms with Crippen molar-refractivity contribution in [2.24, 2.45) is 0 Å². The first-order valence-corrected chi connectivity index (χ1v) is 8.18. The van der Waals surface area contributed by atoms with Crippen molar-refractivity contribution in [1.29, 1.82) is 0 Å². The first kappa shape index (κ1) is 16.7. The molecule has 0 unspecified atom stereocenters. The van der Waals surface area contributed by atoms with Gasteiger partial charge in [-0.1, -0.05) is 29.4 Å². The molecule has 2 aromatic rings. The minimum atomic E-state index is -0.342. The minimum Gasteiger partial charge on any atom is -0.468 e. The molecule has 3 rings (SSSR count). The second kappa shape index (κ2) is 7.59. The van der Waals surface area contributed by atoms with Crippen LogP contribution in [0.4, 0.5) is 0 Å². The Labute approximate surface area is 142 Å². The summed E-state index contributed by atoms with van der Waals surface area (Å²) in [5.41, 5.74) is 3.07. The zero-order valence-corrected chi connectivity index (χ0v) is 14.1. The van der Waals surface area contributed by atoms with Gasteiger partial charge in [0, 0.05) is 38.8 Å². The molecule has 0 bridgehead atoms. The third-order valence-corrected chi connectivity index (χ3v) is 4.56. The fourth-order valence-corrected chi connectivity index (χ4v) is 3.21. The molecule has 24 heavy (non-hydrogen) atoms. The summed E-state index contributed by atoms with van der Waals surface area (Å²) in [7, 11) is 1.45. The van der Waals surface area contributed by atoms with Gasteiger partial charge >= 0.3 is 5.97 Å². The Kier molecular flexibility index (Phi) is 5.27. The number of ether oxygens (including phenoxy) is 1.